The molecule has 1 aliphatic carbocycles. The Bertz CT molecular complexity index is 605. The molecule has 0 bridgehead atoms. The Morgan fingerprint density at radius 2 is 1.88 bits per heavy atom. The first-order valence-electron chi connectivity index (χ1n) is 9.63. The van der Waals surface area contributed by atoms with E-state index in [1.807, 2.05) is 11.0 Å². The van der Waals surface area contributed by atoms with Crippen LogP contribution in [0.5, 0.6) is 0 Å². The molecule has 1 saturated carbocycles. The van der Waals surface area contributed by atoms with Gasteiger partial charge in [0, 0.05) is 50.4 Å². The highest BCUT2D eigenvalue weighted by molar-refractivity contribution is 5.79. The standard InChI is InChI=1S/C19H28N4O2/c24-18(15-4-1-2-5-15)23-11-7-19(25)6-10-22(12-16(19)13-23)14-17-20-8-3-9-21-17/h3,8-9,15-16,25H,1-2,4-7,10-14H2/t16-,19-/m0/s1. The van der Waals surface area contributed by atoms with Crippen LogP contribution in [0.2, 0.25) is 0 Å². The van der Waals surface area contributed by atoms with E-state index in [4.69, 9.17) is 0 Å². The van der Waals surface area contributed by atoms with Gasteiger partial charge in [-0.05, 0) is 31.7 Å². The number of carbonyl (C=O) groups is 1. The molecule has 0 aromatic carbocycles. The van der Waals surface area contributed by atoms with Crippen LogP contribution < -0.4 is 0 Å². The van der Waals surface area contributed by atoms with Crippen molar-refractivity contribution in [3.05, 3.63) is 24.3 Å². The van der Waals surface area contributed by atoms with E-state index in [2.05, 4.69) is 14.9 Å². The second-order valence-electron chi connectivity index (χ2n) is 7.97. The molecule has 3 heterocycles. The molecular formula is C19H28N4O2. The van der Waals surface area contributed by atoms with Crippen molar-refractivity contribution in [2.75, 3.05) is 26.2 Å². The monoisotopic (exact) mass is 344 g/mol. The minimum atomic E-state index is -0.611. The summed E-state index contributed by atoms with van der Waals surface area (Å²) in [6.45, 7) is 3.79. The van der Waals surface area contributed by atoms with Crippen LogP contribution in [0.3, 0.4) is 0 Å². The second kappa shape index (κ2) is 7.00. The van der Waals surface area contributed by atoms with E-state index >= 15 is 0 Å². The smallest absolute Gasteiger partial charge is 0.225 e. The Hall–Kier alpha value is -1.53. The number of nitrogens with zero attached hydrogens (tertiary/aromatic N) is 4. The molecule has 3 fully saturated rings. The Morgan fingerprint density at radius 1 is 1.16 bits per heavy atom. The zero-order valence-electron chi connectivity index (χ0n) is 14.8. The molecular weight excluding hydrogens is 316 g/mol. The average molecular weight is 344 g/mol. The van der Waals surface area contributed by atoms with Crippen molar-refractivity contribution < 1.29 is 9.90 Å². The van der Waals surface area contributed by atoms with E-state index in [-0.39, 0.29) is 11.8 Å². The molecule has 4 rings (SSSR count). The number of hydrogen-bond acceptors (Lipinski definition) is 5. The fraction of sp³-hybridized carbons (Fsp3) is 0.737. The van der Waals surface area contributed by atoms with Gasteiger partial charge in [0.15, 0.2) is 0 Å². The molecule has 6 heteroatoms. The highest BCUT2D eigenvalue weighted by Gasteiger charge is 2.46. The van der Waals surface area contributed by atoms with Crippen LogP contribution in [0.4, 0.5) is 0 Å². The molecule has 2 saturated heterocycles. The van der Waals surface area contributed by atoms with Gasteiger partial charge in [-0.15, -0.1) is 0 Å². The maximum atomic E-state index is 12.8. The van der Waals surface area contributed by atoms with Crippen LogP contribution in [0.1, 0.15) is 44.3 Å². The highest BCUT2D eigenvalue weighted by Crippen LogP contribution is 2.37. The van der Waals surface area contributed by atoms with E-state index in [9.17, 15) is 9.90 Å². The molecule has 2 aliphatic heterocycles. The Balaban J connectivity index is 1.40. The Labute approximate surface area is 149 Å². The minimum absolute atomic E-state index is 0.129. The zero-order valence-corrected chi connectivity index (χ0v) is 14.8. The maximum absolute atomic E-state index is 12.8. The molecule has 1 aromatic rings. The summed E-state index contributed by atoms with van der Waals surface area (Å²) in [7, 11) is 0. The number of fused-ring (bicyclic) bond motifs is 1. The minimum Gasteiger partial charge on any atom is -0.389 e. The van der Waals surface area contributed by atoms with Crippen molar-refractivity contribution >= 4 is 5.91 Å². The zero-order chi connectivity index (χ0) is 17.3. The quantitative estimate of drug-likeness (QED) is 0.899. The molecule has 136 valence electrons. The third-order valence-electron chi connectivity index (χ3n) is 6.36. The molecule has 1 aromatic heterocycles. The number of piperidine rings is 2. The fourth-order valence-electron chi connectivity index (χ4n) is 4.76. The van der Waals surface area contributed by atoms with Crippen LogP contribution in [0, 0.1) is 11.8 Å². The number of aromatic nitrogens is 2. The summed E-state index contributed by atoms with van der Waals surface area (Å²) in [5, 5.41) is 11.0. The first kappa shape index (κ1) is 16.9. The molecule has 1 amide bonds. The summed E-state index contributed by atoms with van der Waals surface area (Å²) < 4.78 is 0. The van der Waals surface area contributed by atoms with Crippen LogP contribution in [0.25, 0.3) is 0 Å². The molecule has 2 atom stereocenters. The molecule has 0 radical (unpaired) electrons. The van der Waals surface area contributed by atoms with E-state index in [1.165, 1.54) is 12.8 Å². The fourth-order valence-corrected chi connectivity index (χ4v) is 4.76. The molecule has 1 N–H and O–H groups in total. The van der Waals surface area contributed by atoms with Crippen molar-refractivity contribution in [3.8, 4) is 0 Å². The number of amides is 1. The summed E-state index contributed by atoms with van der Waals surface area (Å²) in [6.07, 6.45) is 9.48. The third-order valence-corrected chi connectivity index (χ3v) is 6.36. The van der Waals surface area contributed by atoms with Gasteiger partial charge in [-0.1, -0.05) is 12.8 Å². The average Bonchev–Trinajstić information content (AvgIpc) is 3.16. The third kappa shape index (κ3) is 3.55. The van der Waals surface area contributed by atoms with E-state index in [1.54, 1.807) is 12.4 Å². The van der Waals surface area contributed by atoms with E-state index in [0.29, 0.717) is 32.0 Å². The van der Waals surface area contributed by atoms with Crippen molar-refractivity contribution in [1.29, 1.82) is 0 Å². The molecule has 0 spiro atoms. The van der Waals surface area contributed by atoms with Gasteiger partial charge in [-0.25, -0.2) is 9.97 Å². The largest absolute Gasteiger partial charge is 0.389 e. The summed E-state index contributed by atoms with van der Waals surface area (Å²) in [6, 6.07) is 1.83. The van der Waals surface area contributed by atoms with Crippen molar-refractivity contribution in [2.24, 2.45) is 11.8 Å². The molecule has 25 heavy (non-hydrogen) atoms. The van der Waals surface area contributed by atoms with Crippen molar-refractivity contribution in [1.82, 2.24) is 19.8 Å². The topological polar surface area (TPSA) is 69.6 Å². The molecule has 6 nitrogen and oxygen atoms in total. The van der Waals surface area contributed by atoms with Crippen LogP contribution in [-0.4, -0.2) is 62.6 Å². The Morgan fingerprint density at radius 3 is 2.64 bits per heavy atom. The summed E-state index contributed by atoms with van der Waals surface area (Å²) in [5.74, 6) is 1.50. The van der Waals surface area contributed by atoms with Gasteiger partial charge in [0.05, 0.1) is 12.1 Å². The highest BCUT2D eigenvalue weighted by atomic mass is 16.3. The van der Waals surface area contributed by atoms with Crippen LogP contribution in [0.15, 0.2) is 18.5 Å². The van der Waals surface area contributed by atoms with Gasteiger partial charge in [0.2, 0.25) is 5.91 Å². The van der Waals surface area contributed by atoms with Gasteiger partial charge in [-0.3, -0.25) is 9.69 Å². The maximum Gasteiger partial charge on any atom is 0.225 e. The van der Waals surface area contributed by atoms with Gasteiger partial charge < -0.3 is 10.0 Å². The number of likely N-dealkylation sites (tertiary alicyclic amines) is 2. The lowest BCUT2D eigenvalue weighted by Crippen LogP contribution is -2.61. The van der Waals surface area contributed by atoms with Crippen LogP contribution >= 0.6 is 0 Å². The summed E-state index contributed by atoms with van der Waals surface area (Å²) >= 11 is 0. The van der Waals surface area contributed by atoms with Gasteiger partial charge in [0.1, 0.15) is 5.82 Å². The predicted molar refractivity (Wildman–Crippen MR) is 93.5 cm³/mol. The SMILES string of the molecule is O=C(C1CCCC1)N1CC[C@@]2(O)CCN(Cc3ncccn3)C[C@H]2C1. The first-order valence-corrected chi connectivity index (χ1v) is 9.63. The van der Waals surface area contributed by atoms with Gasteiger partial charge in [0.25, 0.3) is 0 Å². The number of hydrogen-bond donors (Lipinski definition) is 1. The summed E-state index contributed by atoms with van der Waals surface area (Å²) in [4.78, 5) is 25.7. The number of rotatable bonds is 3. The van der Waals surface area contributed by atoms with E-state index in [0.717, 1.165) is 38.2 Å². The lowest BCUT2D eigenvalue weighted by atomic mass is 9.75. The lowest BCUT2D eigenvalue weighted by Gasteiger charge is -2.50. The Kier molecular flexibility index (Phi) is 4.73. The van der Waals surface area contributed by atoms with Crippen LogP contribution in [-0.2, 0) is 11.3 Å². The van der Waals surface area contributed by atoms with Crippen molar-refractivity contribution in [3.63, 3.8) is 0 Å². The number of aliphatic hydroxyl groups is 1. The first-order chi connectivity index (χ1) is 12.1. The van der Waals surface area contributed by atoms with Gasteiger partial charge in [-0.2, -0.15) is 0 Å². The van der Waals surface area contributed by atoms with E-state index < -0.39 is 5.60 Å². The molecule has 3 aliphatic rings. The van der Waals surface area contributed by atoms with Crippen molar-refractivity contribution in [2.45, 2.75) is 50.7 Å². The summed E-state index contributed by atoms with van der Waals surface area (Å²) in [5.41, 5.74) is -0.611. The normalized spacial score (nSPS) is 31.1. The second-order valence-corrected chi connectivity index (χ2v) is 7.97. The van der Waals surface area contributed by atoms with Gasteiger partial charge >= 0.3 is 0 Å². The number of carbonyl (C=O) groups excluding carboxylic acids is 1. The molecule has 0 unspecified atom stereocenters. The predicted octanol–water partition coefficient (Wildman–Crippen LogP) is 1.45. The lowest BCUT2D eigenvalue weighted by molar-refractivity contribution is -0.150.